The Morgan fingerprint density at radius 3 is 2.29 bits per heavy atom. The first-order valence-electron chi connectivity index (χ1n) is 9.62. The second-order valence-electron chi connectivity index (χ2n) is 6.95. The van der Waals surface area contributed by atoms with Gasteiger partial charge >= 0.3 is 0 Å². The molecule has 0 radical (unpaired) electrons. The maximum Gasteiger partial charge on any atom is 0.271 e. The predicted molar refractivity (Wildman–Crippen MR) is 117 cm³/mol. The highest BCUT2D eigenvalue weighted by atomic mass is 16.6. The van der Waals surface area contributed by atoms with Crippen LogP contribution >= 0.6 is 0 Å². The van der Waals surface area contributed by atoms with Crippen molar-refractivity contribution in [3.05, 3.63) is 94.5 Å². The molecule has 0 spiro atoms. The molecule has 0 fully saturated rings. The van der Waals surface area contributed by atoms with E-state index in [-0.39, 0.29) is 18.1 Å². The molecular weight excluding hydrogens is 394 g/mol. The van der Waals surface area contributed by atoms with Gasteiger partial charge in [0.15, 0.2) is 11.6 Å². The molecule has 0 saturated carbocycles. The van der Waals surface area contributed by atoms with E-state index < -0.39 is 4.92 Å². The minimum atomic E-state index is -0.494. The number of nitro groups is 1. The summed E-state index contributed by atoms with van der Waals surface area (Å²) in [4.78, 5) is 28.0. The third-order valence-electron chi connectivity index (χ3n) is 4.74. The number of nitro benzene ring substituents is 1. The zero-order chi connectivity index (χ0) is 21.8. The molecule has 0 aliphatic heterocycles. The molecule has 31 heavy (non-hydrogen) atoms. The normalized spacial score (nSPS) is 10.6. The van der Waals surface area contributed by atoms with E-state index in [0.29, 0.717) is 17.3 Å². The SMILES string of the molecule is Cc1ccc([N+](=O)[O-])cc1NC(=O)Cn1nc(-c2ccccc2)nc1-c1ccccc1. The van der Waals surface area contributed by atoms with Gasteiger partial charge in [0, 0.05) is 23.3 Å². The Kier molecular flexibility index (Phi) is 5.53. The van der Waals surface area contributed by atoms with Gasteiger partial charge in [-0.25, -0.2) is 9.67 Å². The molecule has 1 amide bonds. The van der Waals surface area contributed by atoms with Crippen molar-refractivity contribution in [1.82, 2.24) is 14.8 Å². The lowest BCUT2D eigenvalue weighted by molar-refractivity contribution is -0.384. The number of benzene rings is 3. The topological polar surface area (TPSA) is 103 Å². The lowest BCUT2D eigenvalue weighted by Gasteiger charge is -2.09. The van der Waals surface area contributed by atoms with Crippen LogP contribution in [-0.4, -0.2) is 25.6 Å². The van der Waals surface area contributed by atoms with Crippen molar-refractivity contribution in [2.45, 2.75) is 13.5 Å². The highest BCUT2D eigenvalue weighted by Crippen LogP contribution is 2.24. The fraction of sp³-hybridized carbons (Fsp3) is 0.0870. The van der Waals surface area contributed by atoms with Crippen molar-refractivity contribution in [2.75, 3.05) is 5.32 Å². The number of carbonyl (C=O) groups excluding carboxylic acids is 1. The number of anilines is 1. The Bertz CT molecular complexity index is 1240. The molecule has 1 aromatic heterocycles. The Labute approximate surface area is 178 Å². The summed E-state index contributed by atoms with van der Waals surface area (Å²) in [6.07, 6.45) is 0. The second-order valence-corrected chi connectivity index (χ2v) is 6.95. The molecule has 8 nitrogen and oxygen atoms in total. The molecule has 8 heteroatoms. The average Bonchev–Trinajstić information content (AvgIpc) is 3.20. The second kappa shape index (κ2) is 8.58. The summed E-state index contributed by atoms with van der Waals surface area (Å²) in [5.74, 6) is 0.717. The van der Waals surface area contributed by atoms with Crippen LogP contribution in [0.1, 0.15) is 5.56 Å². The molecule has 0 unspecified atom stereocenters. The minimum Gasteiger partial charge on any atom is -0.324 e. The van der Waals surface area contributed by atoms with E-state index in [2.05, 4.69) is 15.4 Å². The molecule has 0 atom stereocenters. The summed E-state index contributed by atoms with van der Waals surface area (Å²) in [6.45, 7) is 1.68. The van der Waals surface area contributed by atoms with Crippen molar-refractivity contribution >= 4 is 17.3 Å². The number of carbonyl (C=O) groups is 1. The van der Waals surface area contributed by atoms with E-state index in [1.54, 1.807) is 17.7 Å². The largest absolute Gasteiger partial charge is 0.324 e. The number of aryl methyl sites for hydroxylation is 1. The summed E-state index contributed by atoms with van der Waals surface area (Å²) >= 11 is 0. The van der Waals surface area contributed by atoms with Crippen molar-refractivity contribution in [3.63, 3.8) is 0 Å². The molecule has 0 saturated heterocycles. The van der Waals surface area contributed by atoms with E-state index in [4.69, 9.17) is 0 Å². The lowest BCUT2D eigenvalue weighted by atomic mass is 10.2. The summed E-state index contributed by atoms with van der Waals surface area (Å²) in [6, 6.07) is 23.4. The van der Waals surface area contributed by atoms with Gasteiger partial charge in [0.05, 0.1) is 10.6 Å². The van der Waals surface area contributed by atoms with E-state index >= 15 is 0 Å². The molecule has 0 aliphatic rings. The highest BCUT2D eigenvalue weighted by Gasteiger charge is 2.17. The van der Waals surface area contributed by atoms with Crippen molar-refractivity contribution < 1.29 is 9.72 Å². The van der Waals surface area contributed by atoms with Gasteiger partial charge in [-0.3, -0.25) is 14.9 Å². The molecule has 1 heterocycles. The van der Waals surface area contributed by atoms with Crippen LogP contribution in [0.5, 0.6) is 0 Å². The fourth-order valence-electron chi connectivity index (χ4n) is 3.15. The van der Waals surface area contributed by atoms with E-state index in [9.17, 15) is 14.9 Å². The fourth-order valence-corrected chi connectivity index (χ4v) is 3.15. The van der Waals surface area contributed by atoms with Crippen LogP contribution in [0.25, 0.3) is 22.8 Å². The first kappa shape index (κ1) is 20.0. The smallest absolute Gasteiger partial charge is 0.271 e. The van der Waals surface area contributed by atoms with Crippen LogP contribution in [0, 0.1) is 17.0 Å². The van der Waals surface area contributed by atoms with Crippen LogP contribution in [-0.2, 0) is 11.3 Å². The van der Waals surface area contributed by atoms with E-state index in [1.165, 1.54) is 12.1 Å². The van der Waals surface area contributed by atoms with Crippen LogP contribution < -0.4 is 5.32 Å². The van der Waals surface area contributed by atoms with Crippen molar-refractivity contribution in [1.29, 1.82) is 0 Å². The Morgan fingerprint density at radius 1 is 1.00 bits per heavy atom. The maximum atomic E-state index is 12.8. The maximum absolute atomic E-state index is 12.8. The molecule has 154 valence electrons. The van der Waals surface area contributed by atoms with Gasteiger partial charge in [-0.05, 0) is 12.5 Å². The summed E-state index contributed by atoms with van der Waals surface area (Å²) in [5, 5.41) is 18.3. The van der Waals surface area contributed by atoms with Gasteiger partial charge < -0.3 is 5.32 Å². The summed E-state index contributed by atoms with van der Waals surface area (Å²) in [5.41, 5.74) is 2.71. The first-order chi connectivity index (χ1) is 15.0. The number of nitrogens with zero attached hydrogens (tertiary/aromatic N) is 4. The third kappa shape index (κ3) is 4.48. The predicted octanol–water partition coefficient (Wildman–Crippen LogP) is 4.47. The molecule has 0 bridgehead atoms. The number of amides is 1. The van der Waals surface area contributed by atoms with Crippen LogP contribution in [0.3, 0.4) is 0 Å². The molecule has 4 rings (SSSR count). The molecular formula is C23H19N5O3. The van der Waals surface area contributed by atoms with Gasteiger partial charge in [0.1, 0.15) is 6.54 Å². The van der Waals surface area contributed by atoms with Gasteiger partial charge in [-0.1, -0.05) is 66.7 Å². The number of aromatic nitrogens is 3. The minimum absolute atomic E-state index is 0.0852. The number of rotatable bonds is 6. The Morgan fingerprint density at radius 2 is 1.65 bits per heavy atom. The number of hydrogen-bond donors (Lipinski definition) is 1. The number of nitrogens with one attached hydrogen (secondary N) is 1. The Balaban J connectivity index is 1.64. The van der Waals surface area contributed by atoms with E-state index in [0.717, 1.165) is 16.7 Å². The average molecular weight is 413 g/mol. The monoisotopic (exact) mass is 413 g/mol. The Hall–Kier alpha value is -4.33. The van der Waals surface area contributed by atoms with Crippen LogP contribution in [0.2, 0.25) is 0 Å². The lowest BCUT2D eigenvalue weighted by Crippen LogP contribution is -2.20. The highest BCUT2D eigenvalue weighted by molar-refractivity contribution is 5.92. The van der Waals surface area contributed by atoms with Gasteiger partial charge in [-0.2, -0.15) is 0 Å². The standard InChI is InChI=1S/C23H19N5O3/c1-16-12-13-19(28(30)31)14-20(16)24-21(29)15-27-23(18-10-6-3-7-11-18)25-22(26-27)17-8-4-2-5-9-17/h2-14H,15H2,1H3,(H,24,29). The van der Waals surface area contributed by atoms with Crippen molar-refractivity contribution in [3.8, 4) is 22.8 Å². The third-order valence-corrected chi connectivity index (χ3v) is 4.74. The summed E-state index contributed by atoms with van der Waals surface area (Å²) < 4.78 is 1.54. The van der Waals surface area contributed by atoms with Crippen LogP contribution in [0.4, 0.5) is 11.4 Å². The quantitative estimate of drug-likeness (QED) is 0.371. The molecule has 3 aromatic carbocycles. The number of hydrogen-bond acceptors (Lipinski definition) is 5. The van der Waals surface area contributed by atoms with Gasteiger partial charge in [0.2, 0.25) is 5.91 Å². The zero-order valence-corrected chi connectivity index (χ0v) is 16.7. The van der Waals surface area contributed by atoms with Gasteiger partial charge in [-0.15, -0.1) is 5.10 Å². The van der Waals surface area contributed by atoms with Crippen molar-refractivity contribution in [2.24, 2.45) is 0 Å². The summed E-state index contributed by atoms with van der Waals surface area (Å²) in [7, 11) is 0. The first-order valence-corrected chi connectivity index (χ1v) is 9.62. The molecule has 4 aromatic rings. The van der Waals surface area contributed by atoms with Crippen LogP contribution in [0.15, 0.2) is 78.9 Å². The number of non-ortho nitro benzene ring substituents is 1. The molecule has 0 aliphatic carbocycles. The van der Waals surface area contributed by atoms with Gasteiger partial charge in [0.25, 0.3) is 5.69 Å². The van der Waals surface area contributed by atoms with E-state index in [1.807, 2.05) is 60.7 Å². The zero-order valence-electron chi connectivity index (χ0n) is 16.7. The molecule has 1 N–H and O–H groups in total.